The second-order valence-corrected chi connectivity index (χ2v) is 7.12. The lowest BCUT2D eigenvalue weighted by Gasteiger charge is -2.18. The standard InChI is InChI=1S/C21H22N6O/c22-20-11-17(14-26-6-3-8-28-9-7-26)25-21-18(13-24-27(20)21)16-10-15-4-1-2-5-19(15)23-12-16/h1-2,4-5,10-13H,3,6-9,14,22H2. The number of nitrogens with two attached hydrogens (primary N) is 1. The quantitative estimate of drug-likeness (QED) is 0.594. The predicted molar refractivity (Wildman–Crippen MR) is 109 cm³/mol. The highest BCUT2D eigenvalue weighted by molar-refractivity contribution is 5.86. The summed E-state index contributed by atoms with van der Waals surface area (Å²) in [5.74, 6) is 0.589. The minimum Gasteiger partial charge on any atom is -0.384 e. The molecule has 0 atom stereocenters. The minimum atomic E-state index is 0.589. The number of fused-ring (bicyclic) bond motifs is 2. The van der Waals surface area contributed by atoms with Crippen LogP contribution in [0.2, 0.25) is 0 Å². The van der Waals surface area contributed by atoms with E-state index in [0.717, 1.165) is 72.6 Å². The van der Waals surface area contributed by atoms with Crippen LogP contribution in [0.4, 0.5) is 5.82 Å². The normalized spacial score (nSPS) is 15.9. The van der Waals surface area contributed by atoms with Crippen LogP contribution in [-0.2, 0) is 11.3 Å². The molecular formula is C21H22N6O. The molecule has 1 aliphatic rings. The van der Waals surface area contributed by atoms with Crippen molar-refractivity contribution in [3.05, 3.63) is 54.5 Å². The van der Waals surface area contributed by atoms with Crippen molar-refractivity contribution >= 4 is 22.4 Å². The van der Waals surface area contributed by atoms with Crippen molar-refractivity contribution in [1.29, 1.82) is 0 Å². The van der Waals surface area contributed by atoms with Gasteiger partial charge in [-0.15, -0.1) is 0 Å². The van der Waals surface area contributed by atoms with E-state index in [9.17, 15) is 0 Å². The van der Waals surface area contributed by atoms with E-state index in [-0.39, 0.29) is 0 Å². The number of anilines is 1. The van der Waals surface area contributed by atoms with Crippen molar-refractivity contribution in [2.75, 3.05) is 32.0 Å². The summed E-state index contributed by atoms with van der Waals surface area (Å²) in [5, 5.41) is 5.54. The van der Waals surface area contributed by atoms with Crippen molar-refractivity contribution in [3.8, 4) is 11.1 Å². The van der Waals surface area contributed by atoms with Gasteiger partial charge in [0.1, 0.15) is 5.82 Å². The fourth-order valence-electron chi connectivity index (χ4n) is 3.73. The van der Waals surface area contributed by atoms with Crippen LogP contribution < -0.4 is 5.73 Å². The Bertz CT molecular complexity index is 1130. The highest BCUT2D eigenvalue weighted by atomic mass is 16.5. The SMILES string of the molecule is Nc1cc(CN2CCCOCC2)nc2c(-c3cnc4ccccc4c3)cnn12. The summed E-state index contributed by atoms with van der Waals surface area (Å²) in [6.07, 6.45) is 4.72. The topological polar surface area (TPSA) is 81.6 Å². The van der Waals surface area contributed by atoms with Crippen LogP contribution in [0.15, 0.2) is 48.8 Å². The molecule has 0 spiro atoms. The lowest BCUT2D eigenvalue weighted by atomic mass is 10.1. The van der Waals surface area contributed by atoms with Crippen LogP contribution >= 0.6 is 0 Å². The zero-order chi connectivity index (χ0) is 18.9. The Labute approximate surface area is 162 Å². The Morgan fingerprint density at radius 1 is 1.07 bits per heavy atom. The molecule has 7 nitrogen and oxygen atoms in total. The second-order valence-electron chi connectivity index (χ2n) is 7.12. The van der Waals surface area contributed by atoms with E-state index in [1.54, 1.807) is 4.52 Å². The third-order valence-corrected chi connectivity index (χ3v) is 5.15. The number of nitrogens with zero attached hydrogens (tertiary/aromatic N) is 5. The summed E-state index contributed by atoms with van der Waals surface area (Å²) in [6.45, 7) is 4.26. The second kappa shape index (κ2) is 7.18. The molecule has 0 saturated carbocycles. The van der Waals surface area contributed by atoms with Crippen LogP contribution in [0, 0.1) is 0 Å². The molecule has 2 N–H and O–H groups in total. The number of nitrogen functional groups attached to an aromatic ring is 1. The van der Waals surface area contributed by atoms with E-state index in [1.807, 2.05) is 36.7 Å². The number of rotatable bonds is 3. The number of para-hydroxylation sites is 1. The van der Waals surface area contributed by atoms with Crippen LogP contribution in [0.1, 0.15) is 12.1 Å². The monoisotopic (exact) mass is 374 g/mol. The van der Waals surface area contributed by atoms with Gasteiger partial charge in [-0.05, 0) is 18.6 Å². The first kappa shape index (κ1) is 17.1. The molecule has 5 rings (SSSR count). The number of hydrogen-bond acceptors (Lipinski definition) is 6. The molecule has 4 heterocycles. The molecule has 0 bridgehead atoms. The Morgan fingerprint density at radius 2 is 2.00 bits per heavy atom. The van der Waals surface area contributed by atoms with Crippen molar-refractivity contribution in [2.45, 2.75) is 13.0 Å². The van der Waals surface area contributed by atoms with Gasteiger partial charge in [0, 0.05) is 55.0 Å². The molecule has 7 heteroatoms. The molecular weight excluding hydrogens is 352 g/mol. The van der Waals surface area contributed by atoms with Crippen LogP contribution in [-0.4, -0.2) is 50.8 Å². The summed E-state index contributed by atoms with van der Waals surface area (Å²) in [7, 11) is 0. The van der Waals surface area contributed by atoms with Gasteiger partial charge >= 0.3 is 0 Å². The van der Waals surface area contributed by atoms with Crippen molar-refractivity contribution in [3.63, 3.8) is 0 Å². The average Bonchev–Trinajstić information content (AvgIpc) is 2.97. The first-order chi connectivity index (χ1) is 13.8. The maximum atomic E-state index is 6.28. The largest absolute Gasteiger partial charge is 0.384 e. The van der Waals surface area contributed by atoms with Gasteiger partial charge in [0.05, 0.1) is 24.0 Å². The molecule has 4 aromatic rings. The molecule has 0 aliphatic carbocycles. The Hall–Kier alpha value is -3.03. The van der Waals surface area contributed by atoms with E-state index < -0.39 is 0 Å². The van der Waals surface area contributed by atoms with Gasteiger partial charge < -0.3 is 10.5 Å². The van der Waals surface area contributed by atoms with Gasteiger partial charge in [0.25, 0.3) is 0 Å². The summed E-state index contributed by atoms with van der Waals surface area (Å²) >= 11 is 0. The van der Waals surface area contributed by atoms with E-state index in [4.69, 9.17) is 15.5 Å². The zero-order valence-corrected chi connectivity index (χ0v) is 15.6. The highest BCUT2D eigenvalue weighted by Gasteiger charge is 2.15. The zero-order valence-electron chi connectivity index (χ0n) is 15.6. The van der Waals surface area contributed by atoms with Gasteiger partial charge in [0.2, 0.25) is 0 Å². The Kier molecular flexibility index (Phi) is 4.38. The summed E-state index contributed by atoms with van der Waals surface area (Å²) in [5.41, 5.74) is 10.9. The molecule has 142 valence electrons. The van der Waals surface area contributed by atoms with Gasteiger partial charge in [-0.3, -0.25) is 9.88 Å². The van der Waals surface area contributed by atoms with E-state index in [2.05, 4.69) is 27.1 Å². The molecule has 28 heavy (non-hydrogen) atoms. The number of hydrogen-bond donors (Lipinski definition) is 1. The van der Waals surface area contributed by atoms with E-state index in [1.165, 1.54) is 0 Å². The number of aromatic nitrogens is 4. The minimum absolute atomic E-state index is 0.589. The molecule has 0 unspecified atom stereocenters. The number of benzene rings is 1. The molecule has 0 radical (unpaired) electrons. The smallest absolute Gasteiger partial charge is 0.165 e. The third kappa shape index (κ3) is 3.19. The first-order valence-electron chi connectivity index (χ1n) is 9.56. The lowest BCUT2D eigenvalue weighted by molar-refractivity contribution is 0.140. The van der Waals surface area contributed by atoms with E-state index in [0.29, 0.717) is 5.82 Å². The van der Waals surface area contributed by atoms with Gasteiger partial charge in [0.15, 0.2) is 5.65 Å². The molecule has 1 saturated heterocycles. The van der Waals surface area contributed by atoms with Crippen molar-refractivity contribution in [2.24, 2.45) is 0 Å². The lowest BCUT2D eigenvalue weighted by Crippen LogP contribution is -2.26. The van der Waals surface area contributed by atoms with Crippen LogP contribution in [0.3, 0.4) is 0 Å². The molecule has 0 amide bonds. The highest BCUT2D eigenvalue weighted by Crippen LogP contribution is 2.27. The summed E-state index contributed by atoms with van der Waals surface area (Å²) in [4.78, 5) is 11.8. The molecule has 1 aliphatic heterocycles. The maximum Gasteiger partial charge on any atom is 0.165 e. The van der Waals surface area contributed by atoms with Gasteiger partial charge in [-0.1, -0.05) is 18.2 Å². The predicted octanol–water partition coefficient (Wildman–Crippen LogP) is 2.75. The molecule has 1 aromatic carbocycles. The van der Waals surface area contributed by atoms with E-state index >= 15 is 0 Å². The number of ether oxygens (including phenoxy) is 1. The fourth-order valence-corrected chi connectivity index (χ4v) is 3.73. The van der Waals surface area contributed by atoms with Gasteiger partial charge in [-0.25, -0.2) is 4.98 Å². The maximum absolute atomic E-state index is 6.28. The summed E-state index contributed by atoms with van der Waals surface area (Å²) in [6, 6.07) is 12.1. The van der Waals surface area contributed by atoms with Crippen molar-refractivity contribution < 1.29 is 4.74 Å². The van der Waals surface area contributed by atoms with Gasteiger partial charge in [-0.2, -0.15) is 9.61 Å². The Balaban J connectivity index is 1.54. The average molecular weight is 374 g/mol. The van der Waals surface area contributed by atoms with Crippen molar-refractivity contribution in [1.82, 2.24) is 24.5 Å². The van der Waals surface area contributed by atoms with Crippen LogP contribution in [0.5, 0.6) is 0 Å². The Morgan fingerprint density at radius 3 is 2.96 bits per heavy atom. The number of pyridine rings is 1. The fraction of sp³-hybridized carbons (Fsp3) is 0.286. The van der Waals surface area contributed by atoms with Crippen LogP contribution in [0.25, 0.3) is 27.7 Å². The first-order valence-corrected chi connectivity index (χ1v) is 9.56. The third-order valence-electron chi connectivity index (χ3n) is 5.15. The molecule has 1 fully saturated rings. The molecule has 3 aromatic heterocycles. The summed E-state index contributed by atoms with van der Waals surface area (Å²) < 4.78 is 7.24.